The van der Waals surface area contributed by atoms with E-state index in [4.69, 9.17) is 5.73 Å². The number of hydrogen-bond donors (Lipinski definition) is 2. The predicted molar refractivity (Wildman–Crippen MR) is 71.9 cm³/mol. The number of rotatable bonds is 4. The van der Waals surface area contributed by atoms with Crippen molar-refractivity contribution < 1.29 is 0 Å². The molecule has 16 heavy (non-hydrogen) atoms. The zero-order valence-electron chi connectivity index (χ0n) is 9.82. The third-order valence-corrected chi connectivity index (χ3v) is 1.97. The Balaban J connectivity index is 0.00000106. The molecule has 0 unspecified atom stereocenters. The monoisotopic (exact) mass is 216 g/mol. The molecule has 2 nitrogen and oxygen atoms in total. The highest BCUT2D eigenvalue weighted by Crippen LogP contribution is 2.11. The second-order valence-electron chi connectivity index (χ2n) is 3.12. The highest BCUT2D eigenvalue weighted by molar-refractivity contribution is 5.34. The number of hydrogen-bond acceptors (Lipinski definition) is 2. The van der Waals surface area contributed by atoms with Gasteiger partial charge >= 0.3 is 0 Å². The Morgan fingerprint density at radius 3 is 2.25 bits per heavy atom. The standard InChI is InChI=1S/C13H15N.CH5N/c1-3-7-13(11(2)14)10-12-8-5-4-6-9-12;1-2/h3-9H,1-2,10,14H2;2H2,1H3/b13-7-;. The molecule has 0 amide bonds. The van der Waals surface area contributed by atoms with Crippen LogP contribution in [0.2, 0.25) is 0 Å². The van der Waals surface area contributed by atoms with Gasteiger partial charge in [0.1, 0.15) is 0 Å². The second-order valence-corrected chi connectivity index (χ2v) is 3.12. The molecule has 0 atom stereocenters. The molecule has 0 aliphatic rings. The largest absolute Gasteiger partial charge is 0.399 e. The fourth-order valence-electron chi connectivity index (χ4n) is 1.24. The Hall–Kier alpha value is -1.80. The number of benzene rings is 1. The first-order valence-electron chi connectivity index (χ1n) is 5.12. The molecule has 1 rings (SSSR count). The van der Waals surface area contributed by atoms with Crippen molar-refractivity contribution in [3.05, 3.63) is 72.5 Å². The van der Waals surface area contributed by atoms with Gasteiger partial charge in [-0.3, -0.25) is 0 Å². The minimum atomic E-state index is 0.605. The second kappa shape index (κ2) is 8.50. The van der Waals surface area contributed by atoms with Crippen LogP contribution >= 0.6 is 0 Å². The first-order valence-corrected chi connectivity index (χ1v) is 5.12. The summed E-state index contributed by atoms with van der Waals surface area (Å²) in [4.78, 5) is 0. The molecule has 1 aromatic carbocycles. The van der Waals surface area contributed by atoms with Crippen LogP contribution in [0.5, 0.6) is 0 Å². The van der Waals surface area contributed by atoms with E-state index in [1.165, 1.54) is 12.6 Å². The topological polar surface area (TPSA) is 52.0 Å². The quantitative estimate of drug-likeness (QED) is 0.759. The Morgan fingerprint density at radius 2 is 1.81 bits per heavy atom. The zero-order valence-corrected chi connectivity index (χ0v) is 9.82. The van der Waals surface area contributed by atoms with E-state index in [0.29, 0.717) is 5.70 Å². The maximum absolute atomic E-state index is 5.66. The van der Waals surface area contributed by atoms with Crippen LogP contribution in [-0.4, -0.2) is 7.05 Å². The third kappa shape index (κ3) is 5.17. The van der Waals surface area contributed by atoms with E-state index < -0.39 is 0 Å². The van der Waals surface area contributed by atoms with E-state index in [0.717, 1.165) is 12.0 Å². The van der Waals surface area contributed by atoms with Crippen LogP contribution < -0.4 is 11.5 Å². The van der Waals surface area contributed by atoms with Crippen molar-refractivity contribution in [2.24, 2.45) is 11.5 Å². The van der Waals surface area contributed by atoms with Gasteiger partial charge in [0.25, 0.3) is 0 Å². The molecular weight excluding hydrogens is 196 g/mol. The summed E-state index contributed by atoms with van der Waals surface area (Å²) >= 11 is 0. The lowest BCUT2D eigenvalue weighted by molar-refractivity contribution is 1.13. The SMILES string of the molecule is C=C/C=C(/Cc1ccccc1)C(=C)N.CN. The molecule has 0 heterocycles. The number of allylic oxidation sites excluding steroid dienone is 3. The van der Waals surface area contributed by atoms with E-state index in [-0.39, 0.29) is 0 Å². The minimum Gasteiger partial charge on any atom is -0.399 e. The van der Waals surface area contributed by atoms with Gasteiger partial charge in [-0.2, -0.15) is 0 Å². The maximum atomic E-state index is 5.66. The van der Waals surface area contributed by atoms with E-state index in [1.54, 1.807) is 6.08 Å². The predicted octanol–water partition coefficient (Wildman–Crippen LogP) is 2.39. The molecule has 4 N–H and O–H groups in total. The van der Waals surface area contributed by atoms with Gasteiger partial charge in [0, 0.05) is 5.70 Å². The molecule has 2 heteroatoms. The highest BCUT2D eigenvalue weighted by Gasteiger charge is 1.99. The summed E-state index contributed by atoms with van der Waals surface area (Å²) in [6, 6.07) is 10.2. The van der Waals surface area contributed by atoms with Gasteiger partial charge in [-0.1, -0.05) is 55.6 Å². The lowest BCUT2D eigenvalue weighted by Gasteiger charge is -2.05. The van der Waals surface area contributed by atoms with Crippen LogP contribution in [0.1, 0.15) is 5.56 Å². The van der Waals surface area contributed by atoms with Crippen LogP contribution in [0, 0.1) is 0 Å². The zero-order chi connectivity index (χ0) is 12.4. The highest BCUT2D eigenvalue weighted by atomic mass is 14.6. The third-order valence-electron chi connectivity index (χ3n) is 1.97. The van der Waals surface area contributed by atoms with Gasteiger partial charge in [0.05, 0.1) is 0 Å². The molecule has 86 valence electrons. The van der Waals surface area contributed by atoms with Gasteiger partial charge in [-0.25, -0.2) is 0 Å². The lowest BCUT2D eigenvalue weighted by Crippen LogP contribution is -2.02. The van der Waals surface area contributed by atoms with Gasteiger partial charge < -0.3 is 11.5 Å². The number of nitrogens with two attached hydrogens (primary N) is 2. The fourth-order valence-corrected chi connectivity index (χ4v) is 1.24. The molecule has 0 aromatic heterocycles. The molecule has 0 saturated carbocycles. The summed E-state index contributed by atoms with van der Waals surface area (Å²) in [5.74, 6) is 0. The fraction of sp³-hybridized carbons (Fsp3) is 0.143. The van der Waals surface area contributed by atoms with Crippen LogP contribution in [0.4, 0.5) is 0 Å². The van der Waals surface area contributed by atoms with Crippen LogP contribution in [0.25, 0.3) is 0 Å². The van der Waals surface area contributed by atoms with Crippen molar-refractivity contribution in [2.75, 3.05) is 7.05 Å². The molecule has 0 saturated heterocycles. The average molecular weight is 216 g/mol. The Morgan fingerprint density at radius 1 is 1.25 bits per heavy atom. The summed E-state index contributed by atoms with van der Waals surface area (Å²) in [7, 11) is 1.50. The Labute approximate surface area is 98.0 Å². The molecule has 0 radical (unpaired) electrons. The summed E-state index contributed by atoms with van der Waals surface area (Å²) in [5, 5.41) is 0. The van der Waals surface area contributed by atoms with Crippen molar-refractivity contribution in [3.8, 4) is 0 Å². The van der Waals surface area contributed by atoms with E-state index >= 15 is 0 Å². The molecule has 0 bridgehead atoms. The first kappa shape index (κ1) is 14.2. The van der Waals surface area contributed by atoms with Gasteiger partial charge in [0.15, 0.2) is 0 Å². The van der Waals surface area contributed by atoms with E-state index in [2.05, 4.69) is 31.0 Å². The van der Waals surface area contributed by atoms with Crippen LogP contribution in [0.15, 0.2) is 66.9 Å². The Kier molecular flexibility index (Phi) is 7.55. The molecule has 0 fully saturated rings. The summed E-state index contributed by atoms with van der Waals surface area (Å²) in [6.45, 7) is 7.38. The molecular formula is C14H20N2. The van der Waals surface area contributed by atoms with Crippen LogP contribution in [-0.2, 0) is 6.42 Å². The minimum absolute atomic E-state index is 0.605. The molecule has 1 aromatic rings. The van der Waals surface area contributed by atoms with Gasteiger partial charge in [-0.15, -0.1) is 0 Å². The molecule has 0 aliphatic heterocycles. The summed E-state index contributed by atoms with van der Waals surface area (Å²) < 4.78 is 0. The van der Waals surface area contributed by atoms with E-state index in [1.807, 2.05) is 24.3 Å². The molecule has 0 aliphatic carbocycles. The van der Waals surface area contributed by atoms with Gasteiger partial charge in [0.2, 0.25) is 0 Å². The van der Waals surface area contributed by atoms with Crippen molar-refractivity contribution in [1.29, 1.82) is 0 Å². The normalized spacial score (nSPS) is 10.0. The Bertz CT molecular complexity index is 350. The summed E-state index contributed by atoms with van der Waals surface area (Å²) in [6.07, 6.45) is 4.44. The van der Waals surface area contributed by atoms with Crippen molar-refractivity contribution in [1.82, 2.24) is 0 Å². The smallest absolute Gasteiger partial charge is 0.0276 e. The van der Waals surface area contributed by atoms with E-state index in [9.17, 15) is 0 Å². The summed E-state index contributed by atoms with van der Waals surface area (Å²) in [5.41, 5.74) is 13.0. The van der Waals surface area contributed by atoms with Crippen LogP contribution in [0.3, 0.4) is 0 Å². The first-order chi connectivity index (χ1) is 7.74. The maximum Gasteiger partial charge on any atom is 0.0276 e. The van der Waals surface area contributed by atoms with Crippen molar-refractivity contribution in [3.63, 3.8) is 0 Å². The lowest BCUT2D eigenvalue weighted by atomic mass is 10.0. The molecule has 0 spiro atoms. The van der Waals surface area contributed by atoms with Crippen molar-refractivity contribution >= 4 is 0 Å². The van der Waals surface area contributed by atoms with Crippen molar-refractivity contribution in [2.45, 2.75) is 6.42 Å². The van der Waals surface area contributed by atoms with Gasteiger partial charge in [-0.05, 0) is 24.6 Å². The average Bonchev–Trinajstić information content (AvgIpc) is 2.32.